The summed E-state index contributed by atoms with van der Waals surface area (Å²) < 4.78 is 0. The van der Waals surface area contributed by atoms with Gasteiger partial charge in [-0.05, 0) is 66.7 Å². The van der Waals surface area contributed by atoms with E-state index in [9.17, 15) is 5.26 Å². The third kappa shape index (κ3) is 4.18. The highest BCUT2D eigenvalue weighted by Gasteiger charge is 2.35. The lowest BCUT2D eigenvalue weighted by Crippen LogP contribution is -2.29. The van der Waals surface area contributed by atoms with E-state index in [4.69, 9.17) is 0 Å². The molecule has 1 saturated carbocycles. The molecule has 0 aromatic heterocycles. The van der Waals surface area contributed by atoms with Gasteiger partial charge in [-0.25, -0.2) is 0 Å². The highest BCUT2D eigenvalue weighted by atomic mass is 14.4. The zero-order chi connectivity index (χ0) is 18.4. The molecule has 136 valence electrons. The molecule has 0 saturated heterocycles. The van der Waals surface area contributed by atoms with Gasteiger partial charge in [0.15, 0.2) is 0 Å². The monoisotopic (exact) mass is 345 g/mol. The Morgan fingerprint density at radius 3 is 2.04 bits per heavy atom. The van der Waals surface area contributed by atoms with E-state index < -0.39 is 0 Å². The Balaban J connectivity index is 1.72. The minimum atomic E-state index is -0.270. The molecule has 2 aromatic rings. The molecule has 0 radical (unpaired) electrons. The van der Waals surface area contributed by atoms with Gasteiger partial charge in [0.1, 0.15) is 0 Å². The van der Waals surface area contributed by atoms with Gasteiger partial charge in [-0.3, -0.25) is 0 Å². The third-order valence-corrected chi connectivity index (χ3v) is 6.14. The molecular formula is C25H31N. The quantitative estimate of drug-likeness (QED) is 0.514. The predicted molar refractivity (Wildman–Crippen MR) is 110 cm³/mol. The SMILES string of the molecule is CCCCCc1ccc(-c2ccc(C3(C#N)CCC(C)CC3)cc2)cc1. The molecule has 3 rings (SSSR count). The van der Waals surface area contributed by atoms with E-state index in [0.29, 0.717) is 0 Å². The van der Waals surface area contributed by atoms with Crippen LogP contribution in [0.25, 0.3) is 11.1 Å². The molecule has 2 aromatic carbocycles. The van der Waals surface area contributed by atoms with E-state index in [1.54, 1.807) is 0 Å². The maximum atomic E-state index is 9.84. The summed E-state index contributed by atoms with van der Waals surface area (Å²) in [6.07, 6.45) is 9.35. The lowest BCUT2D eigenvalue weighted by Gasteiger charge is -2.34. The van der Waals surface area contributed by atoms with Crippen molar-refractivity contribution >= 4 is 0 Å². The number of aryl methyl sites for hydroxylation is 1. The zero-order valence-corrected chi connectivity index (χ0v) is 16.3. The summed E-state index contributed by atoms with van der Waals surface area (Å²) >= 11 is 0. The van der Waals surface area contributed by atoms with Crippen molar-refractivity contribution in [1.29, 1.82) is 5.26 Å². The maximum absolute atomic E-state index is 9.84. The fraction of sp³-hybridized carbons (Fsp3) is 0.480. The Labute approximate surface area is 159 Å². The molecule has 0 N–H and O–H groups in total. The summed E-state index contributed by atoms with van der Waals surface area (Å²) in [6, 6.07) is 20.4. The number of unbranched alkanes of at least 4 members (excludes halogenated alkanes) is 2. The number of nitrogens with zero attached hydrogens (tertiary/aromatic N) is 1. The average molecular weight is 346 g/mol. The topological polar surface area (TPSA) is 23.8 Å². The normalized spacial score (nSPS) is 22.7. The van der Waals surface area contributed by atoms with Crippen molar-refractivity contribution in [3.8, 4) is 17.2 Å². The van der Waals surface area contributed by atoms with Crippen molar-refractivity contribution in [3.05, 3.63) is 59.7 Å². The van der Waals surface area contributed by atoms with Crippen LogP contribution in [0.2, 0.25) is 0 Å². The zero-order valence-electron chi connectivity index (χ0n) is 16.3. The molecule has 1 heteroatoms. The van der Waals surface area contributed by atoms with Gasteiger partial charge in [0, 0.05) is 0 Å². The second kappa shape index (κ2) is 8.54. The van der Waals surface area contributed by atoms with Crippen molar-refractivity contribution < 1.29 is 0 Å². The molecule has 0 aliphatic heterocycles. The van der Waals surface area contributed by atoms with E-state index in [1.165, 1.54) is 47.9 Å². The van der Waals surface area contributed by atoms with Gasteiger partial charge in [-0.1, -0.05) is 75.2 Å². The largest absolute Gasteiger partial charge is 0.197 e. The Morgan fingerprint density at radius 2 is 1.50 bits per heavy atom. The van der Waals surface area contributed by atoms with E-state index in [2.05, 4.69) is 68.4 Å². The standard InChI is InChI=1S/C25H31N/c1-3-4-5-6-21-7-9-22(10-8-21)23-11-13-24(14-12-23)25(19-26)17-15-20(2)16-18-25/h7-14,20H,3-6,15-18H2,1-2H3. The average Bonchev–Trinajstić information content (AvgIpc) is 2.70. The molecule has 0 unspecified atom stereocenters. The highest BCUT2D eigenvalue weighted by molar-refractivity contribution is 5.64. The second-order valence-electron chi connectivity index (χ2n) is 8.11. The number of nitriles is 1. The number of rotatable bonds is 6. The van der Waals surface area contributed by atoms with Crippen LogP contribution in [-0.4, -0.2) is 0 Å². The van der Waals surface area contributed by atoms with Gasteiger partial charge in [0.25, 0.3) is 0 Å². The van der Waals surface area contributed by atoms with Gasteiger partial charge in [0.05, 0.1) is 11.5 Å². The molecule has 0 spiro atoms. The van der Waals surface area contributed by atoms with Crippen LogP contribution in [0, 0.1) is 17.2 Å². The van der Waals surface area contributed by atoms with Crippen molar-refractivity contribution in [3.63, 3.8) is 0 Å². The maximum Gasteiger partial charge on any atom is 0.0822 e. The third-order valence-electron chi connectivity index (χ3n) is 6.14. The van der Waals surface area contributed by atoms with E-state index in [1.807, 2.05) is 0 Å². The number of hydrogen-bond donors (Lipinski definition) is 0. The summed E-state index contributed by atoms with van der Waals surface area (Å²) in [6.45, 7) is 4.55. The fourth-order valence-electron chi connectivity index (χ4n) is 4.14. The van der Waals surface area contributed by atoms with Crippen LogP contribution < -0.4 is 0 Å². The Morgan fingerprint density at radius 1 is 0.923 bits per heavy atom. The highest BCUT2D eigenvalue weighted by Crippen LogP contribution is 2.41. The van der Waals surface area contributed by atoms with Gasteiger partial charge < -0.3 is 0 Å². The first kappa shape index (κ1) is 18.7. The van der Waals surface area contributed by atoms with Crippen LogP contribution in [0.5, 0.6) is 0 Å². The molecule has 1 aliphatic carbocycles. The Hall–Kier alpha value is -2.07. The summed E-state index contributed by atoms with van der Waals surface area (Å²) in [7, 11) is 0. The van der Waals surface area contributed by atoms with Crippen LogP contribution in [0.1, 0.15) is 69.9 Å². The van der Waals surface area contributed by atoms with Crippen LogP contribution in [0.4, 0.5) is 0 Å². The first-order valence-corrected chi connectivity index (χ1v) is 10.3. The van der Waals surface area contributed by atoms with Crippen LogP contribution >= 0.6 is 0 Å². The molecule has 1 nitrogen and oxygen atoms in total. The number of benzene rings is 2. The molecule has 0 amide bonds. The van der Waals surface area contributed by atoms with Crippen molar-refractivity contribution in [2.24, 2.45) is 5.92 Å². The van der Waals surface area contributed by atoms with Crippen LogP contribution in [-0.2, 0) is 11.8 Å². The summed E-state index contributed by atoms with van der Waals surface area (Å²) in [5.74, 6) is 0.756. The summed E-state index contributed by atoms with van der Waals surface area (Å²) in [4.78, 5) is 0. The van der Waals surface area contributed by atoms with E-state index >= 15 is 0 Å². The van der Waals surface area contributed by atoms with Crippen LogP contribution in [0.15, 0.2) is 48.5 Å². The van der Waals surface area contributed by atoms with E-state index in [-0.39, 0.29) is 5.41 Å². The van der Waals surface area contributed by atoms with Crippen molar-refractivity contribution in [2.45, 2.75) is 70.6 Å². The Bertz CT molecular complexity index is 725. The molecule has 0 heterocycles. The minimum absolute atomic E-state index is 0.270. The Kier molecular flexibility index (Phi) is 6.15. The van der Waals surface area contributed by atoms with E-state index in [0.717, 1.165) is 31.6 Å². The summed E-state index contributed by atoms with van der Waals surface area (Å²) in [5, 5.41) is 9.84. The molecular weight excluding hydrogens is 314 g/mol. The number of hydrogen-bond acceptors (Lipinski definition) is 1. The van der Waals surface area contributed by atoms with Crippen LogP contribution in [0.3, 0.4) is 0 Å². The molecule has 0 atom stereocenters. The predicted octanol–water partition coefficient (Wildman–Crippen LogP) is 7.06. The molecule has 1 aliphatic rings. The molecule has 1 fully saturated rings. The second-order valence-corrected chi connectivity index (χ2v) is 8.11. The van der Waals surface area contributed by atoms with Gasteiger partial charge in [-0.2, -0.15) is 5.26 Å². The minimum Gasteiger partial charge on any atom is -0.197 e. The first-order valence-electron chi connectivity index (χ1n) is 10.3. The van der Waals surface area contributed by atoms with Crippen molar-refractivity contribution in [2.75, 3.05) is 0 Å². The first-order chi connectivity index (χ1) is 12.7. The van der Waals surface area contributed by atoms with Gasteiger partial charge in [-0.15, -0.1) is 0 Å². The molecule has 0 bridgehead atoms. The van der Waals surface area contributed by atoms with Crippen molar-refractivity contribution in [1.82, 2.24) is 0 Å². The smallest absolute Gasteiger partial charge is 0.0822 e. The lowest BCUT2D eigenvalue weighted by atomic mass is 9.68. The lowest BCUT2D eigenvalue weighted by molar-refractivity contribution is 0.294. The fourth-order valence-corrected chi connectivity index (χ4v) is 4.14. The van der Waals surface area contributed by atoms with Gasteiger partial charge in [0.2, 0.25) is 0 Å². The summed E-state index contributed by atoms with van der Waals surface area (Å²) in [5.41, 5.74) is 4.87. The van der Waals surface area contributed by atoms with Gasteiger partial charge >= 0.3 is 0 Å². The molecule has 26 heavy (non-hydrogen) atoms.